The molecule has 0 heterocycles. The molecule has 0 radical (unpaired) electrons. The van der Waals surface area contributed by atoms with Gasteiger partial charge in [-0.3, -0.25) is 4.79 Å². The van der Waals surface area contributed by atoms with Gasteiger partial charge in [0.05, 0.1) is 11.6 Å². The Morgan fingerprint density at radius 3 is 2.38 bits per heavy atom. The third-order valence-electron chi connectivity index (χ3n) is 3.55. The molecule has 0 aliphatic rings. The zero-order valence-corrected chi connectivity index (χ0v) is 13.6. The van der Waals surface area contributed by atoms with Crippen LogP contribution >= 0.6 is 0 Å². The molecule has 0 aromatic heterocycles. The summed E-state index contributed by atoms with van der Waals surface area (Å²) in [5, 5.41) is 12.1. The van der Waals surface area contributed by atoms with Gasteiger partial charge in [0.15, 0.2) is 6.61 Å². The Hall–Kier alpha value is -2.82. The van der Waals surface area contributed by atoms with Gasteiger partial charge in [-0.05, 0) is 36.2 Å². The number of esters is 1. The fourth-order valence-electron chi connectivity index (χ4n) is 2.34. The Bertz CT molecular complexity index is 668. The number of phenols is 1. The first-order valence-electron chi connectivity index (χ1n) is 7.90. The van der Waals surface area contributed by atoms with Crippen LogP contribution in [0.15, 0.2) is 54.6 Å². The van der Waals surface area contributed by atoms with E-state index in [1.165, 1.54) is 24.3 Å². The van der Waals surface area contributed by atoms with E-state index in [-0.39, 0.29) is 29.9 Å². The van der Waals surface area contributed by atoms with Gasteiger partial charge < -0.3 is 15.2 Å². The summed E-state index contributed by atoms with van der Waals surface area (Å²) in [6, 6.07) is 15.3. The molecule has 0 unspecified atom stereocenters. The average molecular weight is 327 g/mol. The third-order valence-corrected chi connectivity index (χ3v) is 3.55. The first-order chi connectivity index (χ1) is 11.6. The molecule has 1 atom stereocenters. The van der Waals surface area contributed by atoms with Crippen molar-refractivity contribution in [1.29, 1.82) is 0 Å². The van der Waals surface area contributed by atoms with Crippen molar-refractivity contribution >= 4 is 11.9 Å². The Morgan fingerprint density at radius 1 is 1.08 bits per heavy atom. The van der Waals surface area contributed by atoms with Crippen molar-refractivity contribution in [3.63, 3.8) is 0 Å². The highest BCUT2D eigenvalue weighted by Crippen LogP contribution is 2.18. The zero-order valence-electron chi connectivity index (χ0n) is 13.6. The number of benzene rings is 2. The molecule has 0 bridgehead atoms. The van der Waals surface area contributed by atoms with E-state index in [0.717, 1.165) is 18.4 Å². The fraction of sp³-hybridized carbons (Fsp3) is 0.263. The summed E-state index contributed by atoms with van der Waals surface area (Å²) in [7, 11) is 0. The molecule has 0 saturated heterocycles. The van der Waals surface area contributed by atoms with Gasteiger partial charge in [-0.25, -0.2) is 4.79 Å². The minimum atomic E-state index is -0.600. The second-order valence-electron chi connectivity index (χ2n) is 5.44. The summed E-state index contributed by atoms with van der Waals surface area (Å²) < 4.78 is 5.01. The van der Waals surface area contributed by atoms with Gasteiger partial charge in [-0.15, -0.1) is 0 Å². The largest absolute Gasteiger partial charge is 0.508 e. The Labute approximate surface area is 141 Å². The van der Waals surface area contributed by atoms with Crippen molar-refractivity contribution in [2.75, 3.05) is 6.61 Å². The molecule has 126 valence electrons. The topological polar surface area (TPSA) is 75.6 Å². The van der Waals surface area contributed by atoms with Crippen LogP contribution in [0.25, 0.3) is 0 Å². The van der Waals surface area contributed by atoms with Gasteiger partial charge in [0.1, 0.15) is 5.75 Å². The minimum Gasteiger partial charge on any atom is -0.508 e. The fourth-order valence-corrected chi connectivity index (χ4v) is 2.34. The van der Waals surface area contributed by atoms with Gasteiger partial charge in [-0.1, -0.05) is 43.7 Å². The lowest BCUT2D eigenvalue weighted by Gasteiger charge is -2.18. The molecule has 2 N–H and O–H groups in total. The van der Waals surface area contributed by atoms with Gasteiger partial charge >= 0.3 is 5.97 Å². The van der Waals surface area contributed by atoms with Gasteiger partial charge in [0.2, 0.25) is 0 Å². The van der Waals surface area contributed by atoms with Crippen LogP contribution in [0.3, 0.4) is 0 Å². The summed E-state index contributed by atoms with van der Waals surface area (Å²) in [4.78, 5) is 23.9. The van der Waals surface area contributed by atoms with E-state index in [1.807, 2.05) is 37.3 Å². The number of nitrogens with one attached hydrogen (secondary N) is 1. The Kier molecular flexibility index (Phi) is 6.37. The van der Waals surface area contributed by atoms with Crippen molar-refractivity contribution in [3.8, 4) is 5.75 Å². The summed E-state index contributed by atoms with van der Waals surface area (Å²) in [5.74, 6) is -0.879. The first-order valence-corrected chi connectivity index (χ1v) is 7.90. The first kappa shape index (κ1) is 17.5. The lowest BCUT2D eigenvalue weighted by Crippen LogP contribution is -2.32. The number of carbonyl (C=O) groups is 2. The van der Waals surface area contributed by atoms with Crippen LogP contribution in [0.2, 0.25) is 0 Å². The molecule has 0 aliphatic carbocycles. The van der Waals surface area contributed by atoms with E-state index < -0.39 is 5.97 Å². The Morgan fingerprint density at radius 2 is 1.75 bits per heavy atom. The highest BCUT2D eigenvalue weighted by Gasteiger charge is 2.15. The van der Waals surface area contributed by atoms with Crippen LogP contribution < -0.4 is 5.32 Å². The SMILES string of the molecule is CCC[C@@H](NC(=O)COC(=O)c1ccc(O)cc1)c1ccccc1. The van der Waals surface area contributed by atoms with Crippen molar-refractivity contribution in [1.82, 2.24) is 5.32 Å². The molecule has 1 amide bonds. The Balaban J connectivity index is 1.89. The highest BCUT2D eigenvalue weighted by molar-refractivity contribution is 5.91. The van der Waals surface area contributed by atoms with E-state index in [1.54, 1.807) is 0 Å². The van der Waals surface area contributed by atoms with Crippen molar-refractivity contribution in [2.45, 2.75) is 25.8 Å². The number of hydrogen-bond donors (Lipinski definition) is 2. The lowest BCUT2D eigenvalue weighted by molar-refractivity contribution is -0.125. The molecule has 2 rings (SSSR count). The van der Waals surface area contributed by atoms with Gasteiger partial charge in [0.25, 0.3) is 5.91 Å². The van der Waals surface area contributed by atoms with Crippen LogP contribution in [0.4, 0.5) is 0 Å². The van der Waals surface area contributed by atoms with E-state index in [0.29, 0.717) is 0 Å². The van der Waals surface area contributed by atoms with Crippen LogP contribution in [0.5, 0.6) is 5.75 Å². The second-order valence-corrected chi connectivity index (χ2v) is 5.44. The molecule has 2 aromatic rings. The summed E-state index contributed by atoms with van der Waals surface area (Å²) in [6.07, 6.45) is 1.73. The van der Waals surface area contributed by atoms with Crippen LogP contribution in [0, 0.1) is 0 Å². The van der Waals surface area contributed by atoms with Gasteiger partial charge in [0, 0.05) is 0 Å². The average Bonchev–Trinajstić information content (AvgIpc) is 2.60. The van der Waals surface area contributed by atoms with Crippen molar-refractivity contribution in [2.24, 2.45) is 0 Å². The quantitative estimate of drug-likeness (QED) is 0.766. The van der Waals surface area contributed by atoms with E-state index in [9.17, 15) is 14.7 Å². The molecular weight excluding hydrogens is 306 g/mol. The van der Waals surface area contributed by atoms with E-state index >= 15 is 0 Å². The highest BCUT2D eigenvalue weighted by atomic mass is 16.5. The molecule has 0 spiro atoms. The number of phenolic OH excluding ortho intramolecular Hbond substituents is 1. The molecule has 5 heteroatoms. The third kappa shape index (κ3) is 5.12. The number of amides is 1. The number of aromatic hydroxyl groups is 1. The predicted octanol–water partition coefficient (Wildman–Crippen LogP) is 3.21. The molecule has 0 fully saturated rings. The molecular formula is C19H21NO4. The number of hydrogen-bond acceptors (Lipinski definition) is 4. The van der Waals surface area contributed by atoms with E-state index in [4.69, 9.17) is 4.74 Å². The van der Waals surface area contributed by atoms with Crippen molar-refractivity contribution in [3.05, 3.63) is 65.7 Å². The zero-order chi connectivity index (χ0) is 17.4. The lowest BCUT2D eigenvalue weighted by atomic mass is 10.0. The summed E-state index contributed by atoms with van der Waals surface area (Å²) in [6.45, 7) is 1.71. The molecule has 24 heavy (non-hydrogen) atoms. The molecule has 0 saturated carbocycles. The van der Waals surface area contributed by atoms with Crippen LogP contribution in [-0.2, 0) is 9.53 Å². The van der Waals surface area contributed by atoms with E-state index in [2.05, 4.69) is 5.32 Å². The number of ether oxygens (including phenoxy) is 1. The molecule has 2 aromatic carbocycles. The molecule has 0 aliphatic heterocycles. The summed E-state index contributed by atoms with van der Waals surface area (Å²) >= 11 is 0. The number of carbonyl (C=O) groups excluding carboxylic acids is 2. The number of rotatable bonds is 7. The smallest absolute Gasteiger partial charge is 0.338 e. The second kappa shape index (κ2) is 8.72. The van der Waals surface area contributed by atoms with Crippen LogP contribution in [-0.4, -0.2) is 23.6 Å². The van der Waals surface area contributed by atoms with Crippen molar-refractivity contribution < 1.29 is 19.4 Å². The minimum absolute atomic E-state index is 0.0644. The normalized spacial score (nSPS) is 11.5. The monoisotopic (exact) mass is 327 g/mol. The van der Waals surface area contributed by atoms with Crippen LogP contribution in [0.1, 0.15) is 41.7 Å². The van der Waals surface area contributed by atoms with Gasteiger partial charge in [-0.2, -0.15) is 0 Å². The standard InChI is InChI=1S/C19H21NO4/c1-2-6-17(14-7-4-3-5-8-14)20-18(22)13-24-19(23)15-9-11-16(21)12-10-15/h3-5,7-12,17,21H,2,6,13H2,1H3,(H,20,22)/t17-/m1/s1. The maximum absolute atomic E-state index is 12.1. The maximum Gasteiger partial charge on any atom is 0.338 e. The molecule has 5 nitrogen and oxygen atoms in total. The summed E-state index contributed by atoms with van der Waals surface area (Å²) in [5.41, 5.74) is 1.31. The predicted molar refractivity (Wildman–Crippen MR) is 90.6 cm³/mol. The maximum atomic E-state index is 12.1.